The van der Waals surface area contributed by atoms with E-state index >= 15 is 0 Å². The van der Waals surface area contributed by atoms with Crippen molar-refractivity contribution < 1.29 is 4.92 Å². The Morgan fingerprint density at radius 1 is 1.26 bits per heavy atom. The van der Waals surface area contributed by atoms with Crippen molar-refractivity contribution in [1.29, 1.82) is 0 Å². The number of thiocarbonyl (C=S) groups is 1. The minimum absolute atomic E-state index is 0.0431. The number of halogens is 1. The minimum Gasteiger partial charge on any atom is -0.338 e. The summed E-state index contributed by atoms with van der Waals surface area (Å²) in [6, 6.07) is 14.1. The van der Waals surface area contributed by atoms with Crippen LogP contribution in [0, 0.1) is 10.1 Å². The van der Waals surface area contributed by atoms with Crippen molar-refractivity contribution in [3.05, 3.63) is 68.7 Å². The van der Waals surface area contributed by atoms with Gasteiger partial charge < -0.3 is 5.32 Å². The Kier molecular flexibility index (Phi) is 4.05. The predicted molar refractivity (Wildman–Crippen MR) is 95.9 cm³/mol. The molecule has 0 bridgehead atoms. The van der Waals surface area contributed by atoms with E-state index in [1.54, 1.807) is 17.1 Å². The van der Waals surface area contributed by atoms with Gasteiger partial charge in [0.15, 0.2) is 5.11 Å². The molecule has 0 aromatic heterocycles. The van der Waals surface area contributed by atoms with E-state index in [1.807, 2.05) is 31.2 Å². The monoisotopic (exact) mass is 392 g/mol. The maximum Gasteiger partial charge on any atom is 0.269 e. The summed E-state index contributed by atoms with van der Waals surface area (Å²) >= 11 is 8.86. The quantitative estimate of drug-likeness (QED) is 0.473. The molecule has 0 aliphatic carbocycles. The van der Waals surface area contributed by atoms with Crippen LogP contribution in [0.4, 0.5) is 11.4 Å². The second kappa shape index (κ2) is 5.88. The first-order valence-electron chi connectivity index (χ1n) is 6.80. The molecule has 0 amide bonds. The van der Waals surface area contributed by atoms with Crippen LogP contribution in [0.1, 0.15) is 12.5 Å². The van der Waals surface area contributed by atoms with Gasteiger partial charge in [-0.05, 0) is 49.0 Å². The highest BCUT2D eigenvalue weighted by molar-refractivity contribution is 9.10. The van der Waals surface area contributed by atoms with Crippen LogP contribution in [0.3, 0.4) is 0 Å². The van der Waals surface area contributed by atoms with E-state index in [0.29, 0.717) is 5.11 Å². The van der Waals surface area contributed by atoms with E-state index < -0.39 is 10.6 Å². The molecule has 8 heteroatoms. The predicted octanol–water partition coefficient (Wildman–Crippen LogP) is 3.43. The number of hydrogen-bond acceptors (Lipinski definition) is 4. The Morgan fingerprint density at radius 3 is 2.57 bits per heavy atom. The summed E-state index contributed by atoms with van der Waals surface area (Å²) in [5, 5.41) is 16.2. The largest absolute Gasteiger partial charge is 0.338 e. The van der Waals surface area contributed by atoms with Gasteiger partial charge in [0.1, 0.15) is 5.66 Å². The molecular formula is C15H13BrN4O2S. The average molecular weight is 393 g/mol. The van der Waals surface area contributed by atoms with Crippen molar-refractivity contribution in [3.8, 4) is 0 Å². The van der Waals surface area contributed by atoms with Gasteiger partial charge in [0, 0.05) is 16.6 Å². The molecule has 6 nitrogen and oxygen atoms in total. The van der Waals surface area contributed by atoms with Gasteiger partial charge in [-0.25, -0.2) is 5.01 Å². The third-order valence-electron chi connectivity index (χ3n) is 3.62. The lowest BCUT2D eigenvalue weighted by atomic mass is 10.0. The summed E-state index contributed by atoms with van der Waals surface area (Å²) in [6.45, 7) is 1.98. The normalized spacial score (nSPS) is 20.4. The summed E-state index contributed by atoms with van der Waals surface area (Å²) in [5.41, 5.74) is 4.53. The number of nitro groups is 1. The lowest BCUT2D eigenvalue weighted by Gasteiger charge is -2.26. The van der Waals surface area contributed by atoms with Gasteiger partial charge in [0.25, 0.3) is 5.69 Å². The van der Waals surface area contributed by atoms with E-state index in [2.05, 4.69) is 26.7 Å². The average Bonchev–Trinajstić information content (AvgIpc) is 2.84. The Labute approximate surface area is 146 Å². The summed E-state index contributed by atoms with van der Waals surface area (Å²) in [7, 11) is 0. The van der Waals surface area contributed by atoms with Gasteiger partial charge in [-0.15, -0.1) is 0 Å². The molecule has 118 valence electrons. The van der Waals surface area contributed by atoms with E-state index in [9.17, 15) is 10.1 Å². The van der Waals surface area contributed by atoms with Gasteiger partial charge in [0.2, 0.25) is 0 Å². The molecule has 2 aromatic rings. The molecule has 0 radical (unpaired) electrons. The lowest BCUT2D eigenvalue weighted by molar-refractivity contribution is -0.384. The number of hydrazine groups is 1. The standard InChI is InChI=1S/C15H13BrN4O2S/c1-15(10-3-2-4-11(16)9-10)17-14(23)19(18-15)12-5-7-13(8-6-12)20(21)22/h2-9,18H,1H3,(H,17,23)/t15-/m1/s1. The van der Waals surface area contributed by atoms with Crippen LogP contribution in [0.5, 0.6) is 0 Å². The second-order valence-electron chi connectivity index (χ2n) is 5.29. The molecular weight excluding hydrogens is 380 g/mol. The van der Waals surface area contributed by atoms with Crippen molar-refractivity contribution in [2.24, 2.45) is 0 Å². The zero-order chi connectivity index (χ0) is 16.6. The molecule has 1 aliphatic heterocycles. The molecule has 2 aromatic carbocycles. The fourth-order valence-corrected chi connectivity index (χ4v) is 3.17. The molecule has 3 rings (SSSR count). The highest BCUT2D eigenvalue weighted by Gasteiger charge is 2.38. The topological polar surface area (TPSA) is 70.4 Å². The van der Waals surface area contributed by atoms with Crippen LogP contribution in [-0.2, 0) is 5.66 Å². The highest BCUT2D eigenvalue weighted by Crippen LogP contribution is 2.28. The van der Waals surface area contributed by atoms with Crippen LogP contribution in [0.2, 0.25) is 0 Å². The zero-order valence-corrected chi connectivity index (χ0v) is 14.5. The smallest absolute Gasteiger partial charge is 0.269 e. The zero-order valence-electron chi connectivity index (χ0n) is 12.1. The number of nitrogens with zero attached hydrogens (tertiary/aromatic N) is 2. The van der Waals surface area contributed by atoms with Gasteiger partial charge in [-0.1, -0.05) is 28.1 Å². The van der Waals surface area contributed by atoms with Crippen LogP contribution >= 0.6 is 28.1 Å². The second-order valence-corrected chi connectivity index (χ2v) is 6.59. The van der Waals surface area contributed by atoms with Gasteiger partial charge in [0.05, 0.1) is 10.6 Å². The van der Waals surface area contributed by atoms with E-state index in [1.165, 1.54) is 12.1 Å². The maximum absolute atomic E-state index is 10.8. The fraction of sp³-hybridized carbons (Fsp3) is 0.133. The maximum atomic E-state index is 10.8. The molecule has 2 N–H and O–H groups in total. The third-order valence-corrected chi connectivity index (χ3v) is 4.39. The number of non-ortho nitro benzene ring substituents is 1. The number of rotatable bonds is 3. The molecule has 0 saturated carbocycles. The first-order valence-corrected chi connectivity index (χ1v) is 8.00. The van der Waals surface area contributed by atoms with Crippen molar-refractivity contribution in [3.63, 3.8) is 0 Å². The Hall–Kier alpha value is -2.03. The Morgan fingerprint density at radius 2 is 1.96 bits per heavy atom. The van der Waals surface area contributed by atoms with E-state index in [-0.39, 0.29) is 5.69 Å². The first-order chi connectivity index (χ1) is 10.9. The van der Waals surface area contributed by atoms with Crippen LogP contribution < -0.4 is 15.8 Å². The molecule has 1 saturated heterocycles. The van der Waals surface area contributed by atoms with Gasteiger partial charge >= 0.3 is 0 Å². The molecule has 0 spiro atoms. The van der Waals surface area contributed by atoms with Crippen LogP contribution in [0.25, 0.3) is 0 Å². The summed E-state index contributed by atoms with van der Waals surface area (Å²) in [4.78, 5) is 10.3. The summed E-state index contributed by atoms with van der Waals surface area (Å²) < 4.78 is 0.972. The van der Waals surface area contributed by atoms with Crippen molar-refractivity contribution in [1.82, 2.24) is 10.7 Å². The number of benzene rings is 2. The minimum atomic E-state index is -0.567. The van der Waals surface area contributed by atoms with Crippen LogP contribution in [0.15, 0.2) is 53.0 Å². The molecule has 0 unspecified atom stereocenters. The molecule has 1 heterocycles. The Balaban J connectivity index is 1.88. The highest BCUT2D eigenvalue weighted by atomic mass is 79.9. The number of nitro benzene ring substituents is 1. The van der Waals surface area contributed by atoms with E-state index in [0.717, 1.165) is 15.7 Å². The van der Waals surface area contributed by atoms with Gasteiger partial charge in [-0.2, -0.15) is 5.43 Å². The SMILES string of the molecule is C[C@@]1(c2cccc(Br)c2)NC(=S)N(c2ccc([N+](=O)[O-])cc2)N1. The first kappa shape index (κ1) is 15.9. The van der Waals surface area contributed by atoms with E-state index in [4.69, 9.17) is 12.2 Å². The van der Waals surface area contributed by atoms with Gasteiger partial charge in [-0.3, -0.25) is 10.1 Å². The molecule has 1 atom stereocenters. The lowest BCUT2D eigenvalue weighted by Crippen LogP contribution is -2.45. The summed E-state index contributed by atoms with van der Waals surface area (Å²) in [6.07, 6.45) is 0. The molecule has 23 heavy (non-hydrogen) atoms. The number of nitrogens with one attached hydrogen (secondary N) is 2. The van der Waals surface area contributed by atoms with Crippen molar-refractivity contribution in [2.45, 2.75) is 12.6 Å². The number of anilines is 1. The van der Waals surface area contributed by atoms with Crippen LogP contribution in [-0.4, -0.2) is 10.0 Å². The molecule has 1 aliphatic rings. The number of hydrogen-bond donors (Lipinski definition) is 2. The summed E-state index contributed by atoms with van der Waals surface area (Å²) in [5.74, 6) is 0. The Bertz CT molecular complexity index is 783. The van der Waals surface area contributed by atoms with Crippen molar-refractivity contribution >= 4 is 44.6 Å². The third kappa shape index (κ3) is 3.05. The fourth-order valence-electron chi connectivity index (χ4n) is 2.41. The van der Waals surface area contributed by atoms with Crippen molar-refractivity contribution in [2.75, 3.05) is 5.01 Å². The molecule has 1 fully saturated rings.